The van der Waals surface area contributed by atoms with Crippen LogP contribution in [0.5, 0.6) is 5.75 Å². The van der Waals surface area contributed by atoms with Crippen molar-refractivity contribution in [3.8, 4) is 5.75 Å². The highest BCUT2D eigenvalue weighted by Gasteiger charge is 2.06. The van der Waals surface area contributed by atoms with Crippen LogP contribution < -0.4 is 10.5 Å². The van der Waals surface area contributed by atoms with Gasteiger partial charge in [0.15, 0.2) is 17.3 Å². The molecule has 0 aliphatic carbocycles. The Labute approximate surface area is 91.8 Å². The van der Waals surface area contributed by atoms with Gasteiger partial charge in [-0.15, -0.1) is 0 Å². The number of nitrogens with two attached hydrogens (primary N) is 1. The Morgan fingerprint density at radius 3 is 2.88 bits per heavy atom. The molecule has 1 aromatic carbocycles. The van der Waals surface area contributed by atoms with Gasteiger partial charge in [0.05, 0.1) is 5.69 Å². The van der Waals surface area contributed by atoms with Crippen LogP contribution >= 0.6 is 0 Å². The van der Waals surface area contributed by atoms with Gasteiger partial charge in [-0.1, -0.05) is 17.3 Å². The smallest absolute Gasteiger partial charge is 0.174 e. The van der Waals surface area contributed by atoms with Crippen LogP contribution in [0.25, 0.3) is 0 Å². The minimum atomic E-state index is -0.402. The van der Waals surface area contributed by atoms with E-state index < -0.39 is 5.82 Å². The molecule has 0 saturated heterocycles. The number of hydrogen-bond donors (Lipinski definition) is 1. The normalized spacial score (nSPS) is 10.4. The molecule has 0 atom stereocenters. The molecule has 2 N–H and O–H groups in total. The van der Waals surface area contributed by atoms with Crippen molar-refractivity contribution in [2.24, 2.45) is 5.73 Å². The second-order valence-corrected chi connectivity index (χ2v) is 3.21. The predicted molar refractivity (Wildman–Crippen MR) is 55.1 cm³/mol. The number of halogens is 1. The van der Waals surface area contributed by atoms with Gasteiger partial charge >= 0.3 is 0 Å². The molecule has 0 bridgehead atoms. The standard InChI is InChI=1S/C11H11FN2O2/c12-10-3-1-2-4-11(10)15-7-9-5-8(6-13)14-16-9/h1-5H,6-7,13H2. The van der Waals surface area contributed by atoms with Crippen molar-refractivity contribution in [2.75, 3.05) is 0 Å². The summed E-state index contributed by atoms with van der Waals surface area (Å²) in [6, 6.07) is 7.87. The van der Waals surface area contributed by atoms with Gasteiger partial charge in [-0.25, -0.2) is 4.39 Å². The second kappa shape index (κ2) is 4.76. The summed E-state index contributed by atoms with van der Waals surface area (Å²) in [4.78, 5) is 0. The first-order chi connectivity index (χ1) is 7.79. The van der Waals surface area contributed by atoms with E-state index in [9.17, 15) is 4.39 Å². The molecule has 0 amide bonds. The lowest BCUT2D eigenvalue weighted by atomic mass is 10.3. The van der Waals surface area contributed by atoms with Crippen molar-refractivity contribution in [2.45, 2.75) is 13.2 Å². The molecule has 0 saturated carbocycles. The fourth-order valence-corrected chi connectivity index (χ4v) is 1.23. The fourth-order valence-electron chi connectivity index (χ4n) is 1.23. The number of benzene rings is 1. The van der Waals surface area contributed by atoms with E-state index in [4.69, 9.17) is 15.0 Å². The van der Waals surface area contributed by atoms with Crippen LogP contribution in [0.4, 0.5) is 4.39 Å². The maximum absolute atomic E-state index is 13.2. The SMILES string of the molecule is NCc1cc(COc2ccccc2F)on1. The van der Waals surface area contributed by atoms with Crippen LogP contribution in [0, 0.1) is 5.82 Å². The first kappa shape index (κ1) is 10.6. The highest BCUT2D eigenvalue weighted by Crippen LogP contribution is 2.17. The summed E-state index contributed by atoms with van der Waals surface area (Å²) < 4.78 is 23.3. The van der Waals surface area contributed by atoms with Gasteiger partial charge in [0, 0.05) is 12.6 Å². The molecular formula is C11H11FN2O2. The van der Waals surface area contributed by atoms with Crippen molar-refractivity contribution in [1.29, 1.82) is 0 Å². The summed E-state index contributed by atoms with van der Waals surface area (Å²) in [5.74, 6) is 0.304. The van der Waals surface area contributed by atoms with Crippen LogP contribution in [0.1, 0.15) is 11.5 Å². The van der Waals surface area contributed by atoms with Gasteiger partial charge in [0.25, 0.3) is 0 Å². The molecule has 16 heavy (non-hydrogen) atoms. The molecule has 0 aliphatic rings. The van der Waals surface area contributed by atoms with E-state index in [1.54, 1.807) is 24.3 Å². The van der Waals surface area contributed by atoms with Gasteiger partial charge < -0.3 is 15.0 Å². The number of hydrogen-bond acceptors (Lipinski definition) is 4. The molecule has 5 heteroatoms. The Morgan fingerprint density at radius 1 is 1.38 bits per heavy atom. The van der Waals surface area contributed by atoms with E-state index >= 15 is 0 Å². The van der Waals surface area contributed by atoms with Crippen LogP contribution in [0.3, 0.4) is 0 Å². The minimum Gasteiger partial charge on any atom is -0.482 e. The molecule has 84 valence electrons. The minimum absolute atomic E-state index is 0.133. The van der Waals surface area contributed by atoms with E-state index in [0.717, 1.165) is 0 Å². The molecule has 0 aliphatic heterocycles. The first-order valence-corrected chi connectivity index (χ1v) is 4.81. The van der Waals surface area contributed by atoms with Gasteiger partial charge in [-0.05, 0) is 12.1 Å². The molecule has 2 rings (SSSR count). The molecule has 1 aromatic heterocycles. The third kappa shape index (κ3) is 2.38. The number of aromatic nitrogens is 1. The van der Waals surface area contributed by atoms with E-state index in [-0.39, 0.29) is 12.4 Å². The maximum Gasteiger partial charge on any atom is 0.174 e. The van der Waals surface area contributed by atoms with Crippen molar-refractivity contribution >= 4 is 0 Å². The lowest BCUT2D eigenvalue weighted by Gasteiger charge is -2.03. The summed E-state index contributed by atoms with van der Waals surface area (Å²) in [6.07, 6.45) is 0. The van der Waals surface area contributed by atoms with E-state index in [1.807, 2.05) is 0 Å². The number of ether oxygens (including phenoxy) is 1. The Bertz CT molecular complexity index is 471. The maximum atomic E-state index is 13.2. The van der Waals surface area contributed by atoms with Gasteiger partial charge in [0.1, 0.15) is 6.61 Å². The van der Waals surface area contributed by atoms with Gasteiger partial charge in [0.2, 0.25) is 0 Å². The molecule has 0 unspecified atom stereocenters. The van der Waals surface area contributed by atoms with Crippen LogP contribution in [-0.2, 0) is 13.2 Å². The highest BCUT2D eigenvalue weighted by atomic mass is 19.1. The summed E-state index contributed by atoms with van der Waals surface area (Å²) in [5.41, 5.74) is 6.02. The van der Waals surface area contributed by atoms with Crippen LogP contribution in [0.15, 0.2) is 34.9 Å². The molecule has 0 fully saturated rings. The lowest BCUT2D eigenvalue weighted by molar-refractivity contribution is 0.240. The summed E-state index contributed by atoms with van der Waals surface area (Å²) >= 11 is 0. The number of para-hydroxylation sites is 1. The zero-order chi connectivity index (χ0) is 11.4. The predicted octanol–water partition coefficient (Wildman–Crippen LogP) is 1.85. The summed E-state index contributed by atoms with van der Waals surface area (Å²) in [7, 11) is 0. The molecule has 0 radical (unpaired) electrons. The van der Waals surface area contributed by atoms with E-state index in [2.05, 4.69) is 5.16 Å². The van der Waals surface area contributed by atoms with Crippen LogP contribution in [-0.4, -0.2) is 5.16 Å². The zero-order valence-corrected chi connectivity index (χ0v) is 8.52. The highest BCUT2D eigenvalue weighted by molar-refractivity contribution is 5.23. The summed E-state index contributed by atoms with van der Waals surface area (Å²) in [6.45, 7) is 0.442. The molecule has 2 aromatic rings. The number of nitrogens with zero attached hydrogens (tertiary/aromatic N) is 1. The summed E-state index contributed by atoms with van der Waals surface area (Å²) in [5, 5.41) is 3.70. The molecule has 0 spiro atoms. The Kier molecular flexibility index (Phi) is 3.16. The lowest BCUT2D eigenvalue weighted by Crippen LogP contribution is -1.96. The second-order valence-electron chi connectivity index (χ2n) is 3.21. The quantitative estimate of drug-likeness (QED) is 0.857. The number of rotatable bonds is 4. The Morgan fingerprint density at radius 2 is 2.19 bits per heavy atom. The largest absolute Gasteiger partial charge is 0.482 e. The molecule has 1 heterocycles. The average molecular weight is 222 g/mol. The van der Waals surface area contributed by atoms with Gasteiger partial charge in [-0.2, -0.15) is 0 Å². The monoisotopic (exact) mass is 222 g/mol. The average Bonchev–Trinajstić information content (AvgIpc) is 2.76. The van der Waals surface area contributed by atoms with Crippen molar-refractivity contribution in [3.63, 3.8) is 0 Å². The first-order valence-electron chi connectivity index (χ1n) is 4.81. The zero-order valence-electron chi connectivity index (χ0n) is 8.52. The van der Waals surface area contributed by atoms with Crippen molar-refractivity contribution < 1.29 is 13.7 Å². The molecular weight excluding hydrogens is 211 g/mol. The van der Waals surface area contributed by atoms with Crippen LogP contribution in [0.2, 0.25) is 0 Å². The Hall–Kier alpha value is -1.88. The topological polar surface area (TPSA) is 61.3 Å². The van der Waals surface area contributed by atoms with E-state index in [0.29, 0.717) is 18.0 Å². The third-order valence-corrected chi connectivity index (χ3v) is 2.02. The van der Waals surface area contributed by atoms with Gasteiger partial charge in [-0.3, -0.25) is 0 Å². The van der Waals surface area contributed by atoms with E-state index in [1.165, 1.54) is 6.07 Å². The third-order valence-electron chi connectivity index (χ3n) is 2.02. The Balaban J connectivity index is 1.99. The fraction of sp³-hybridized carbons (Fsp3) is 0.182. The van der Waals surface area contributed by atoms with Crippen molar-refractivity contribution in [3.05, 3.63) is 47.6 Å². The molecule has 4 nitrogen and oxygen atoms in total. The van der Waals surface area contributed by atoms with Crippen molar-refractivity contribution in [1.82, 2.24) is 5.16 Å².